The Balaban J connectivity index is 3.15. The SMILES string of the molecule is C=CCN(CCOC)C(=O)c1cc(F)cc(S(=O)(=O)Cl)c1. The van der Waals surface area contributed by atoms with Gasteiger partial charge in [-0.2, -0.15) is 0 Å². The van der Waals surface area contributed by atoms with Crippen LogP contribution in [-0.4, -0.2) is 46.0 Å². The molecule has 1 rings (SSSR count). The lowest BCUT2D eigenvalue weighted by molar-refractivity contribution is 0.0717. The normalized spacial score (nSPS) is 11.2. The average molecular weight is 336 g/mol. The highest BCUT2D eigenvalue weighted by Gasteiger charge is 2.19. The molecule has 1 aromatic carbocycles. The Morgan fingerprint density at radius 2 is 2.14 bits per heavy atom. The first-order valence-corrected chi connectivity index (χ1v) is 8.25. The van der Waals surface area contributed by atoms with Gasteiger partial charge in [0, 0.05) is 36.4 Å². The molecule has 0 N–H and O–H groups in total. The molecular weight excluding hydrogens is 321 g/mol. The molecule has 8 heteroatoms. The molecule has 0 unspecified atom stereocenters. The molecule has 0 bridgehead atoms. The van der Waals surface area contributed by atoms with Crippen molar-refractivity contribution in [3.05, 3.63) is 42.2 Å². The molecule has 5 nitrogen and oxygen atoms in total. The van der Waals surface area contributed by atoms with Gasteiger partial charge in [0.1, 0.15) is 5.82 Å². The highest BCUT2D eigenvalue weighted by molar-refractivity contribution is 8.13. The van der Waals surface area contributed by atoms with Crippen LogP contribution in [0.4, 0.5) is 4.39 Å². The third-order valence-corrected chi connectivity index (χ3v) is 3.94. The number of ether oxygens (including phenoxy) is 1. The molecule has 21 heavy (non-hydrogen) atoms. The molecule has 1 aromatic rings. The largest absolute Gasteiger partial charge is 0.383 e. The molecule has 0 aromatic heterocycles. The monoisotopic (exact) mass is 335 g/mol. The third kappa shape index (κ3) is 5.11. The Labute approximate surface area is 127 Å². The Bertz CT molecular complexity index is 633. The van der Waals surface area contributed by atoms with E-state index >= 15 is 0 Å². The summed E-state index contributed by atoms with van der Waals surface area (Å²) in [6.07, 6.45) is 1.51. The van der Waals surface area contributed by atoms with Crippen molar-refractivity contribution in [2.75, 3.05) is 26.8 Å². The molecule has 1 amide bonds. The Hall–Kier alpha value is -1.44. The Kier molecular flexibility index (Phi) is 6.32. The second-order valence-electron chi connectivity index (χ2n) is 4.15. The summed E-state index contributed by atoms with van der Waals surface area (Å²) in [5.41, 5.74) is -0.104. The second-order valence-corrected chi connectivity index (χ2v) is 6.71. The first-order valence-electron chi connectivity index (χ1n) is 5.94. The van der Waals surface area contributed by atoms with Crippen molar-refractivity contribution in [3.8, 4) is 0 Å². The average Bonchev–Trinajstić information content (AvgIpc) is 2.41. The number of hydrogen-bond donors (Lipinski definition) is 0. The molecule has 0 saturated heterocycles. The van der Waals surface area contributed by atoms with E-state index in [1.807, 2.05) is 0 Å². The Morgan fingerprint density at radius 1 is 1.48 bits per heavy atom. The maximum absolute atomic E-state index is 13.5. The van der Waals surface area contributed by atoms with Gasteiger partial charge in [-0.3, -0.25) is 4.79 Å². The van der Waals surface area contributed by atoms with Crippen LogP contribution in [0.5, 0.6) is 0 Å². The van der Waals surface area contributed by atoms with E-state index in [4.69, 9.17) is 15.4 Å². The third-order valence-electron chi connectivity index (χ3n) is 2.60. The zero-order valence-electron chi connectivity index (χ0n) is 11.4. The van der Waals surface area contributed by atoms with Crippen LogP contribution in [0.3, 0.4) is 0 Å². The summed E-state index contributed by atoms with van der Waals surface area (Å²) < 4.78 is 40.9. The number of amides is 1. The van der Waals surface area contributed by atoms with Crippen LogP contribution >= 0.6 is 10.7 Å². The minimum Gasteiger partial charge on any atom is -0.383 e. The van der Waals surface area contributed by atoms with Crippen LogP contribution in [0.2, 0.25) is 0 Å². The van der Waals surface area contributed by atoms with Gasteiger partial charge in [0.15, 0.2) is 0 Å². The number of nitrogens with zero attached hydrogens (tertiary/aromatic N) is 1. The number of carbonyl (C=O) groups is 1. The minimum absolute atomic E-state index is 0.104. The molecule has 0 spiro atoms. The molecular formula is C13H15ClFNO4S. The summed E-state index contributed by atoms with van der Waals surface area (Å²) in [7, 11) is 2.54. The zero-order chi connectivity index (χ0) is 16.0. The standard InChI is InChI=1S/C13H15ClFNO4S/c1-3-4-16(5-6-20-2)13(17)10-7-11(15)9-12(8-10)21(14,18)19/h3,7-9H,1,4-6H2,2H3. The highest BCUT2D eigenvalue weighted by atomic mass is 35.7. The van der Waals surface area contributed by atoms with Gasteiger partial charge in [0.25, 0.3) is 15.0 Å². The van der Waals surface area contributed by atoms with Crippen LogP contribution in [0, 0.1) is 5.82 Å². The summed E-state index contributed by atoms with van der Waals surface area (Å²) in [4.78, 5) is 13.2. The van der Waals surface area contributed by atoms with Crippen molar-refractivity contribution in [2.45, 2.75) is 4.90 Å². The lowest BCUT2D eigenvalue weighted by Crippen LogP contribution is -2.34. The minimum atomic E-state index is -4.12. The number of halogens is 2. The van der Waals surface area contributed by atoms with E-state index in [0.29, 0.717) is 0 Å². The van der Waals surface area contributed by atoms with E-state index in [-0.39, 0.29) is 25.3 Å². The molecule has 0 radical (unpaired) electrons. The molecule has 116 valence electrons. The number of methoxy groups -OCH3 is 1. The van der Waals surface area contributed by atoms with Gasteiger partial charge >= 0.3 is 0 Å². The number of hydrogen-bond acceptors (Lipinski definition) is 4. The quantitative estimate of drug-likeness (QED) is 0.565. The summed E-state index contributed by atoms with van der Waals surface area (Å²) in [5, 5.41) is 0. The maximum Gasteiger partial charge on any atom is 0.261 e. The fourth-order valence-corrected chi connectivity index (χ4v) is 2.43. The molecule has 0 heterocycles. The lowest BCUT2D eigenvalue weighted by atomic mass is 10.2. The van der Waals surface area contributed by atoms with E-state index in [0.717, 1.165) is 18.2 Å². The van der Waals surface area contributed by atoms with Crippen LogP contribution in [0.1, 0.15) is 10.4 Å². The topological polar surface area (TPSA) is 63.7 Å². The van der Waals surface area contributed by atoms with Gasteiger partial charge in [0.05, 0.1) is 11.5 Å². The van der Waals surface area contributed by atoms with Crippen molar-refractivity contribution in [3.63, 3.8) is 0 Å². The van der Waals surface area contributed by atoms with Gasteiger partial charge < -0.3 is 9.64 Å². The number of rotatable bonds is 7. The Morgan fingerprint density at radius 3 is 2.67 bits per heavy atom. The van der Waals surface area contributed by atoms with Gasteiger partial charge in [-0.15, -0.1) is 6.58 Å². The lowest BCUT2D eigenvalue weighted by Gasteiger charge is -2.21. The predicted octanol–water partition coefficient (Wildman–Crippen LogP) is 2.03. The first kappa shape index (κ1) is 17.6. The van der Waals surface area contributed by atoms with E-state index in [1.165, 1.54) is 18.1 Å². The predicted molar refractivity (Wildman–Crippen MR) is 77.4 cm³/mol. The van der Waals surface area contributed by atoms with E-state index < -0.39 is 25.7 Å². The fraction of sp³-hybridized carbons (Fsp3) is 0.308. The fourth-order valence-electron chi connectivity index (χ4n) is 1.64. The first-order chi connectivity index (χ1) is 9.79. The van der Waals surface area contributed by atoms with Crippen molar-refractivity contribution in [1.82, 2.24) is 4.90 Å². The van der Waals surface area contributed by atoms with Gasteiger partial charge in [-0.1, -0.05) is 6.08 Å². The molecule has 0 fully saturated rings. The highest BCUT2D eigenvalue weighted by Crippen LogP contribution is 2.19. The van der Waals surface area contributed by atoms with Gasteiger partial charge in [0.2, 0.25) is 0 Å². The second kappa shape index (κ2) is 7.53. The summed E-state index contributed by atoms with van der Waals surface area (Å²) in [6.45, 7) is 4.31. The van der Waals surface area contributed by atoms with Crippen LogP contribution in [-0.2, 0) is 13.8 Å². The number of benzene rings is 1. The van der Waals surface area contributed by atoms with E-state index in [1.54, 1.807) is 0 Å². The molecule has 0 saturated carbocycles. The van der Waals surface area contributed by atoms with Crippen molar-refractivity contribution >= 4 is 25.6 Å². The summed E-state index contributed by atoms with van der Waals surface area (Å²) in [5.74, 6) is -1.39. The van der Waals surface area contributed by atoms with Gasteiger partial charge in [-0.25, -0.2) is 12.8 Å². The molecule has 0 aliphatic rings. The van der Waals surface area contributed by atoms with Gasteiger partial charge in [-0.05, 0) is 18.2 Å². The van der Waals surface area contributed by atoms with Crippen LogP contribution < -0.4 is 0 Å². The maximum atomic E-state index is 13.5. The van der Waals surface area contributed by atoms with E-state index in [9.17, 15) is 17.6 Å². The zero-order valence-corrected chi connectivity index (χ0v) is 13.0. The summed E-state index contributed by atoms with van der Waals surface area (Å²) >= 11 is 0. The molecule has 0 aliphatic carbocycles. The smallest absolute Gasteiger partial charge is 0.261 e. The van der Waals surface area contributed by atoms with E-state index in [2.05, 4.69) is 6.58 Å². The van der Waals surface area contributed by atoms with Crippen molar-refractivity contribution < 1.29 is 22.3 Å². The molecule has 0 aliphatic heterocycles. The van der Waals surface area contributed by atoms with Crippen molar-refractivity contribution in [1.29, 1.82) is 0 Å². The summed E-state index contributed by atoms with van der Waals surface area (Å²) in [6, 6.07) is 2.75. The van der Waals surface area contributed by atoms with Crippen LogP contribution in [0.15, 0.2) is 35.7 Å². The number of carbonyl (C=O) groups excluding carboxylic acids is 1. The van der Waals surface area contributed by atoms with Crippen molar-refractivity contribution in [2.24, 2.45) is 0 Å². The van der Waals surface area contributed by atoms with Crippen LogP contribution in [0.25, 0.3) is 0 Å². The molecule has 0 atom stereocenters.